The summed E-state index contributed by atoms with van der Waals surface area (Å²) in [5.41, 5.74) is -0.582. The Morgan fingerprint density at radius 1 is 1.06 bits per heavy atom. The molecule has 2 aromatic carbocycles. The van der Waals surface area contributed by atoms with E-state index in [4.69, 9.17) is 13.7 Å². The van der Waals surface area contributed by atoms with E-state index in [0.717, 1.165) is 24.5 Å². The molecule has 7 nitrogen and oxygen atoms in total. The van der Waals surface area contributed by atoms with Crippen LogP contribution in [-0.4, -0.2) is 52.9 Å². The number of ether oxygens (including phenoxy) is 2. The van der Waals surface area contributed by atoms with Crippen molar-refractivity contribution in [3.8, 4) is 11.5 Å². The Labute approximate surface area is 178 Å². The monoisotopic (exact) mass is 461 g/mol. The molecule has 0 unspecified atom stereocenters. The molecule has 0 aliphatic carbocycles. The van der Waals surface area contributed by atoms with E-state index in [1.165, 1.54) is 37.3 Å². The highest BCUT2D eigenvalue weighted by Crippen LogP contribution is 2.31. The lowest BCUT2D eigenvalue weighted by Gasteiger charge is -2.23. The van der Waals surface area contributed by atoms with Crippen LogP contribution in [0.5, 0.6) is 11.5 Å². The number of halogens is 3. The lowest BCUT2D eigenvalue weighted by molar-refractivity contribution is -0.137. The Balaban J connectivity index is 2.35. The number of alkyl halides is 3. The van der Waals surface area contributed by atoms with Gasteiger partial charge in [0.05, 0.1) is 25.5 Å². The number of methoxy groups -OCH3 is 2. The van der Waals surface area contributed by atoms with E-state index < -0.39 is 27.8 Å². The third kappa shape index (κ3) is 7.14. The zero-order valence-electron chi connectivity index (χ0n) is 17.1. The minimum atomic E-state index is -4.58. The molecule has 31 heavy (non-hydrogen) atoms. The molecule has 2 rings (SSSR count). The van der Waals surface area contributed by atoms with Crippen LogP contribution in [0.2, 0.25) is 0 Å². The molecule has 0 heterocycles. The summed E-state index contributed by atoms with van der Waals surface area (Å²) in [7, 11) is -1.07. The van der Waals surface area contributed by atoms with Gasteiger partial charge in [-0.05, 0) is 35.9 Å². The molecule has 0 aromatic heterocycles. The number of amides is 1. The summed E-state index contributed by atoms with van der Waals surface area (Å²) in [5, 5.41) is 0. The second-order valence-electron chi connectivity index (χ2n) is 6.57. The molecule has 2 aromatic rings. The molecule has 0 atom stereocenters. The van der Waals surface area contributed by atoms with Crippen molar-refractivity contribution >= 4 is 16.0 Å². The number of rotatable bonds is 9. The van der Waals surface area contributed by atoms with E-state index in [1.54, 1.807) is 6.07 Å². The molecule has 0 aliphatic heterocycles. The van der Waals surface area contributed by atoms with Crippen LogP contribution in [0.25, 0.3) is 0 Å². The minimum Gasteiger partial charge on any atom is -0.493 e. The predicted octanol–water partition coefficient (Wildman–Crippen LogP) is 3.34. The Morgan fingerprint density at radius 2 is 1.77 bits per heavy atom. The molecule has 0 N–H and O–H groups in total. The van der Waals surface area contributed by atoms with Crippen LogP contribution in [0.1, 0.15) is 21.5 Å². The fraction of sp³-hybridized carbons (Fsp3) is 0.350. The van der Waals surface area contributed by atoms with E-state index in [2.05, 4.69) is 0 Å². The first-order valence-electron chi connectivity index (χ1n) is 8.96. The quantitative estimate of drug-likeness (QED) is 0.533. The van der Waals surface area contributed by atoms with Crippen molar-refractivity contribution in [1.29, 1.82) is 0 Å². The van der Waals surface area contributed by atoms with Gasteiger partial charge in [-0.15, -0.1) is 0 Å². The summed E-state index contributed by atoms with van der Waals surface area (Å²) >= 11 is 0. The van der Waals surface area contributed by atoms with Crippen molar-refractivity contribution in [1.82, 2.24) is 4.90 Å². The lowest BCUT2D eigenvalue weighted by atomic mass is 10.1. The molecule has 1 amide bonds. The van der Waals surface area contributed by atoms with Crippen LogP contribution in [0.15, 0.2) is 42.5 Å². The van der Waals surface area contributed by atoms with Crippen LogP contribution in [0.3, 0.4) is 0 Å². The number of carbonyl (C=O) groups excluding carboxylic acids is 1. The van der Waals surface area contributed by atoms with Gasteiger partial charge in [0.2, 0.25) is 0 Å². The molecule has 0 saturated heterocycles. The van der Waals surface area contributed by atoms with Crippen molar-refractivity contribution < 1.29 is 40.0 Å². The maximum absolute atomic E-state index is 13.0. The maximum Gasteiger partial charge on any atom is 0.416 e. The molecule has 0 spiro atoms. The topological polar surface area (TPSA) is 82.1 Å². The van der Waals surface area contributed by atoms with Gasteiger partial charge in [-0.25, -0.2) is 0 Å². The van der Waals surface area contributed by atoms with Gasteiger partial charge >= 0.3 is 16.3 Å². The van der Waals surface area contributed by atoms with Crippen molar-refractivity contribution in [2.24, 2.45) is 0 Å². The van der Waals surface area contributed by atoms with E-state index >= 15 is 0 Å². The van der Waals surface area contributed by atoms with Gasteiger partial charge in [0.25, 0.3) is 5.91 Å². The van der Waals surface area contributed by atoms with Gasteiger partial charge in [-0.2, -0.15) is 21.6 Å². The van der Waals surface area contributed by atoms with E-state index in [9.17, 15) is 26.4 Å². The zero-order valence-corrected chi connectivity index (χ0v) is 17.9. The first kappa shape index (κ1) is 24.5. The van der Waals surface area contributed by atoms with Crippen LogP contribution in [0, 0.1) is 0 Å². The fourth-order valence-electron chi connectivity index (χ4n) is 2.73. The van der Waals surface area contributed by atoms with Crippen LogP contribution < -0.4 is 8.92 Å². The Morgan fingerprint density at radius 3 is 2.35 bits per heavy atom. The highest BCUT2D eigenvalue weighted by atomic mass is 32.2. The first-order chi connectivity index (χ1) is 14.4. The number of carbonyl (C=O) groups is 1. The van der Waals surface area contributed by atoms with E-state index in [0.29, 0.717) is 5.56 Å². The van der Waals surface area contributed by atoms with E-state index in [1.807, 2.05) is 0 Å². The molecule has 0 radical (unpaired) electrons. The van der Waals surface area contributed by atoms with Crippen LogP contribution >= 0.6 is 0 Å². The molecule has 0 bridgehead atoms. The van der Waals surface area contributed by atoms with Gasteiger partial charge in [0.15, 0.2) is 11.5 Å². The van der Waals surface area contributed by atoms with Crippen molar-refractivity contribution in [2.75, 3.05) is 33.6 Å². The number of benzene rings is 2. The highest BCUT2D eigenvalue weighted by Gasteiger charge is 2.31. The van der Waals surface area contributed by atoms with Gasteiger partial charge in [-0.1, -0.05) is 12.1 Å². The molecule has 11 heteroatoms. The highest BCUT2D eigenvalue weighted by molar-refractivity contribution is 7.86. The van der Waals surface area contributed by atoms with Crippen molar-refractivity contribution in [3.63, 3.8) is 0 Å². The second-order valence-corrected chi connectivity index (χ2v) is 8.15. The standard InChI is InChI=1S/C20H22F3NO6S/c1-28-10-9-24(19(25)15-5-4-6-16(12-15)20(21,22)23)13-14-7-8-17(29-2)18(11-14)30-31(3,26)27/h4-8,11-12H,9-10,13H2,1-3H3. The van der Waals surface area contributed by atoms with Gasteiger partial charge in [0.1, 0.15) is 0 Å². The molecule has 170 valence electrons. The van der Waals surface area contributed by atoms with E-state index in [-0.39, 0.29) is 36.8 Å². The van der Waals surface area contributed by atoms with Crippen LogP contribution in [0.4, 0.5) is 13.2 Å². The average Bonchev–Trinajstić information content (AvgIpc) is 2.69. The molecular formula is C20H22F3NO6S. The Kier molecular flexibility index (Phi) is 7.91. The SMILES string of the molecule is COCCN(Cc1ccc(OC)c(OS(C)(=O)=O)c1)C(=O)c1cccc(C(F)(F)F)c1. The number of nitrogens with zero attached hydrogens (tertiary/aromatic N) is 1. The Bertz CT molecular complexity index is 1020. The first-order valence-corrected chi connectivity index (χ1v) is 10.8. The third-order valence-electron chi connectivity index (χ3n) is 4.13. The number of hydrogen-bond donors (Lipinski definition) is 0. The second kappa shape index (κ2) is 10.0. The predicted molar refractivity (Wildman–Crippen MR) is 107 cm³/mol. The summed E-state index contributed by atoms with van der Waals surface area (Å²) in [6, 6.07) is 8.58. The third-order valence-corrected chi connectivity index (χ3v) is 4.61. The molecule has 0 aliphatic rings. The fourth-order valence-corrected chi connectivity index (χ4v) is 3.19. The summed E-state index contributed by atoms with van der Waals surface area (Å²) in [5.74, 6) is -0.535. The average molecular weight is 461 g/mol. The number of hydrogen-bond acceptors (Lipinski definition) is 6. The normalized spacial score (nSPS) is 11.8. The van der Waals surface area contributed by atoms with Gasteiger partial charge in [0, 0.05) is 25.8 Å². The van der Waals surface area contributed by atoms with Crippen molar-refractivity contribution in [2.45, 2.75) is 12.7 Å². The summed E-state index contributed by atoms with van der Waals surface area (Å²) in [4.78, 5) is 14.2. The lowest BCUT2D eigenvalue weighted by Crippen LogP contribution is -2.33. The Hall–Kier alpha value is -2.79. The summed E-state index contributed by atoms with van der Waals surface area (Å²) in [6.45, 7) is 0.218. The smallest absolute Gasteiger partial charge is 0.416 e. The van der Waals surface area contributed by atoms with Crippen molar-refractivity contribution in [3.05, 3.63) is 59.2 Å². The summed E-state index contributed by atoms with van der Waals surface area (Å²) < 4.78 is 77.0. The minimum absolute atomic E-state index is 0.0252. The van der Waals surface area contributed by atoms with Gasteiger partial charge < -0.3 is 18.6 Å². The van der Waals surface area contributed by atoms with Gasteiger partial charge in [-0.3, -0.25) is 4.79 Å². The molecular weight excluding hydrogens is 439 g/mol. The zero-order chi connectivity index (χ0) is 23.2. The summed E-state index contributed by atoms with van der Waals surface area (Å²) in [6.07, 6.45) is -3.71. The largest absolute Gasteiger partial charge is 0.493 e. The van der Waals surface area contributed by atoms with Crippen LogP contribution in [-0.2, 0) is 27.6 Å². The maximum atomic E-state index is 13.0. The molecule has 0 fully saturated rings. The molecule has 0 saturated carbocycles.